The van der Waals surface area contributed by atoms with Crippen molar-refractivity contribution in [3.8, 4) is 0 Å². The van der Waals surface area contributed by atoms with Gasteiger partial charge in [0.2, 0.25) is 0 Å². The van der Waals surface area contributed by atoms with Crippen LogP contribution < -0.4 is 10.6 Å². The number of carbonyl (C=O) groups is 1. The van der Waals surface area contributed by atoms with E-state index in [1.54, 1.807) is 12.1 Å². The minimum Gasteiger partial charge on any atom is -0.350 e. The van der Waals surface area contributed by atoms with Gasteiger partial charge in [0, 0.05) is 53.3 Å². The molecule has 1 atom stereocenters. The summed E-state index contributed by atoms with van der Waals surface area (Å²) in [5.41, 5.74) is 3.31. The largest absolute Gasteiger partial charge is 0.350 e. The van der Waals surface area contributed by atoms with Crippen molar-refractivity contribution in [2.45, 2.75) is 25.8 Å². The van der Waals surface area contributed by atoms with E-state index in [0.717, 1.165) is 29.8 Å². The average molecular weight is 390 g/mol. The van der Waals surface area contributed by atoms with Gasteiger partial charge in [-0.2, -0.15) is 5.10 Å². The van der Waals surface area contributed by atoms with E-state index < -0.39 is 0 Å². The SMILES string of the molecule is CC(CNC(=O)c1n[nH]c2c1CNCC2)c1c(Cl)cccc1Cl.Cl. The minimum absolute atomic E-state index is 0. The van der Waals surface area contributed by atoms with E-state index in [0.29, 0.717) is 28.8 Å². The Kier molecular flexibility index (Phi) is 6.52. The van der Waals surface area contributed by atoms with Crippen molar-refractivity contribution in [3.63, 3.8) is 0 Å². The van der Waals surface area contributed by atoms with Gasteiger partial charge in [-0.3, -0.25) is 9.89 Å². The first-order valence-electron chi connectivity index (χ1n) is 7.57. The molecule has 0 aliphatic carbocycles. The lowest BCUT2D eigenvalue weighted by Gasteiger charge is -2.16. The highest BCUT2D eigenvalue weighted by Gasteiger charge is 2.22. The molecular formula is C16H19Cl3N4O. The maximum atomic E-state index is 12.4. The zero-order valence-corrected chi connectivity index (χ0v) is 15.5. The molecule has 2 heterocycles. The third-order valence-electron chi connectivity index (χ3n) is 4.08. The normalized spacial score (nSPS) is 14.5. The molecule has 5 nitrogen and oxygen atoms in total. The van der Waals surface area contributed by atoms with E-state index in [4.69, 9.17) is 23.2 Å². The van der Waals surface area contributed by atoms with Crippen molar-refractivity contribution < 1.29 is 4.79 Å². The lowest BCUT2D eigenvalue weighted by atomic mass is 10.0. The highest BCUT2D eigenvalue weighted by Crippen LogP contribution is 2.31. The van der Waals surface area contributed by atoms with Crippen LogP contribution >= 0.6 is 35.6 Å². The van der Waals surface area contributed by atoms with Crippen LogP contribution in [-0.4, -0.2) is 29.2 Å². The number of amides is 1. The maximum absolute atomic E-state index is 12.4. The fraction of sp³-hybridized carbons (Fsp3) is 0.375. The number of halogens is 3. The van der Waals surface area contributed by atoms with Gasteiger partial charge in [0.25, 0.3) is 5.91 Å². The second-order valence-corrected chi connectivity index (χ2v) is 6.52. The Bertz CT molecular complexity index is 712. The van der Waals surface area contributed by atoms with Gasteiger partial charge in [-0.25, -0.2) is 0 Å². The number of carbonyl (C=O) groups excluding carboxylic acids is 1. The number of benzene rings is 1. The van der Waals surface area contributed by atoms with Crippen LogP contribution in [0.4, 0.5) is 0 Å². The molecule has 1 aliphatic heterocycles. The van der Waals surface area contributed by atoms with Crippen molar-refractivity contribution in [3.05, 3.63) is 50.8 Å². The van der Waals surface area contributed by atoms with Crippen molar-refractivity contribution in [2.75, 3.05) is 13.1 Å². The first-order valence-corrected chi connectivity index (χ1v) is 8.32. The number of nitrogens with one attached hydrogen (secondary N) is 3. The second kappa shape index (κ2) is 8.21. The smallest absolute Gasteiger partial charge is 0.272 e. The van der Waals surface area contributed by atoms with Gasteiger partial charge in [0.1, 0.15) is 0 Å². The molecule has 0 fully saturated rings. The lowest BCUT2D eigenvalue weighted by molar-refractivity contribution is 0.0945. The molecule has 0 saturated heterocycles. The minimum atomic E-state index is -0.179. The molecular weight excluding hydrogens is 371 g/mol. The van der Waals surface area contributed by atoms with E-state index in [1.807, 2.05) is 13.0 Å². The van der Waals surface area contributed by atoms with Crippen molar-refractivity contribution >= 4 is 41.5 Å². The van der Waals surface area contributed by atoms with Crippen LogP contribution in [0.25, 0.3) is 0 Å². The van der Waals surface area contributed by atoms with Gasteiger partial charge < -0.3 is 10.6 Å². The molecule has 3 rings (SSSR count). The molecule has 1 aromatic heterocycles. The first kappa shape index (κ1) is 19.1. The molecule has 8 heteroatoms. The highest BCUT2D eigenvalue weighted by molar-refractivity contribution is 6.36. The van der Waals surface area contributed by atoms with Crippen LogP contribution in [0.3, 0.4) is 0 Å². The van der Waals surface area contributed by atoms with E-state index in [9.17, 15) is 4.79 Å². The number of H-pyrrole nitrogens is 1. The van der Waals surface area contributed by atoms with Crippen LogP contribution in [0, 0.1) is 0 Å². The second-order valence-electron chi connectivity index (χ2n) is 5.70. The van der Waals surface area contributed by atoms with Gasteiger partial charge in [-0.05, 0) is 17.7 Å². The van der Waals surface area contributed by atoms with E-state index in [-0.39, 0.29) is 24.2 Å². The molecule has 3 N–H and O–H groups in total. The van der Waals surface area contributed by atoms with Crippen molar-refractivity contribution in [1.29, 1.82) is 0 Å². The van der Waals surface area contributed by atoms with Crippen molar-refractivity contribution in [1.82, 2.24) is 20.8 Å². The van der Waals surface area contributed by atoms with Crippen LogP contribution in [0.15, 0.2) is 18.2 Å². The van der Waals surface area contributed by atoms with Crippen molar-refractivity contribution in [2.24, 2.45) is 0 Å². The van der Waals surface area contributed by atoms with E-state index in [2.05, 4.69) is 20.8 Å². The van der Waals surface area contributed by atoms with Gasteiger partial charge in [-0.15, -0.1) is 12.4 Å². The highest BCUT2D eigenvalue weighted by atomic mass is 35.5. The predicted octanol–water partition coefficient (Wildman–Crippen LogP) is 3.32. The molecule has 24 heavy (non-hydrogen) atoms. The molecule has 0 bridgehead atoms. The third-order valence-corrected chi connectivity index (χ3v) is 4.74. The predicted molar refractivity (Wildman–Crippen MR) is 98.5 cm³/mol. The zero-order chi connectivity index (χ0) is 16.4. The monoisotopic (exact) mass is 388 g/mol. The number of rotatable bonds is 4. The summed E-state index contributed by atoms with van der Waals surface area (Å²) in [6.45, 7) is 3.99. The number of nitrogens with zero attached hydrogens (tertiary/aromatic N) is 1. The molecule has 1 aliphatic rings. The Morgan fingerprint density at radius 2 is 2.08 bits per heavy atom. The van der Waals surface area contributed by atoms with Crippen LogP contribution in [-0.2, 0) is 13.0 Å². The van der Waals surface area contributed by atoms with Gasteiger partial charge in [0.05, 0.1) is 0 Å². The zero-order valence-electron chi connectivity index (χ0n) is 13.2. The number of hydrogen-bond acceptors (Lipinski definition) is 3. The summed E-state index contributed by atoms with van der Waals surface area (Å²) in [5, 5.41) is 14.5. The van der Waals surface area contributed by atoms with Crippen LogP contribution in [0.5, 0.6) is 0 Å². The van der Waals surface area contributed by atoms with Crippen LogP contribution in [0.2, 0.25) is 10.0 Å². The summed E-state index contributed by atoms with van der Waals surface area (Å²) in [7, 11) is 0. The summed E-state index contributed by atoms with van der Waals surface area (Å²) in [6.07, 6.45) is 0.862. The first-order chi connectivity index (χ1) is 11.1. The summed E-state index contributed by atoms with van der Waals surface area (Å²) < 4.78 is 0. The average Bonchev–Trinajstić information content (AvgIpc) is 2.96. The number of fused-ring (bicyclic) bond motifs is 1. The molecule has 1 amide bonds. The molecule has 1 unspecified atom stereocenters. The summed E-state index contributed by atoms with van der Waals surface area (Å²) >= 11 is 12.4. The summed E-state index contributed by atoms with van der Waals surface area (Å²) in [6, 6.07) is 5.41. The molecule has 2 aromatic rings. The number of aromatic nitrogens is 2. The molecule has 130 valence electrons. The standard InChI is InChI=1S/C16H18Cl2N4O.ClH/c1-9(14-11(17)3-2-4-12(14)18)7-20-16(23)15-10-8-19-6-5-13(10)21-22-15;/h2-4,9,19H,5-8H2,1H3,(H,20,23)(H,21,22);1H. The summed E-state index contributed by atoms with van der Waals surface area (Å²) in [5.74, 6) is -0.172. The lowest BCUT2D eigenvalue weighted by Crippen LogP contribution is -2.30. The Labute approximate surface area is 156 Å². The van der Waals surface area contributed by atoms with E-state index in [1.165, 1.54) is 0 Å². The fourth-order valence-electron chi connectivity index (χ4n) is 2.83. The molecule has 0 spiro atoms. The molecule has 0 radical (unpaired) electrons. The number of hydrogen-bond donors (Lipinski definition) is 3. The maximum Gasteiger partial charge on any atom is 0.272 e. The summed E-state index contributed by atoms with van der Waals surface area (Å²) in [4.78, 5) is 12.4. The number of aromatic amines is 1. The molecule has 1 aromatic carbocycles. The Morgan fingerprint density at radius 1 is 1.38 bits per heavy atom. The Morgan fingerprint density at radius 3 is 2.79 bits per heavy atom. The third kappa shape index (κ3) is 3.86. The Hall–Kier alpha value is -1.27. The van der Waals surface area contributed by atoms with Gasteiger partial charge in [-0.1, -0.05) is 36.2 Å². The van der Waals surface area contributed by atoms with Gasteiger partial charge in [0.15, 0.2) is 5.69 Å². The van der Waals surface area contributed by atoms with E-state index >= 15 is 0 Å². The Balaban J connectivity index is 0.00000208. The van der Waals surface area contributed by atoms with Gasteiger partial charge >= 0.3 is 0 Å². The molecule has 0 saturated carbocycles. The quantitative estimate of drug-likeness (QED) is 0.751. The van der Waals surface area contributed by atoms with Crippen LogP contribution in [0.1, 0.15) is 40.2 Å². The fourth-order valence-corrected chi connectivity index (χ4v) is 3.60. The topological polar surface area (TPSA) is 69.8 Å².